The highest BCUT2D eigenvalue weighted by atomic mass is 19.1. The quantitative estimate of drug-likeness (QED) is 0.590. The van der Waals surface area contributed by atoms with Crippen LogP contribution in [0.5, 0.6) is 0 Å². The smallest absolute Gasteiger partial charge is 0.324 e. The van der Waals surface area contributed by atoms with Crippen LogP contribution >= 0.6 is 0 Å². The minimum absolute atomic E-state index is 0.294. The summed E-state index contributed by atoms with van der Waals surface area (Å²) in [6.45, 7) is 10.1. The van der Waals surface area contributed by atoms with Gasteiger partial charge in [-0.1, -0.05) is 13.0 Å². The molecule has 0 unspecified atom stereocenters. The Bertz CT molecular complexity index is 574. The lowest BCUT2D eigenvalue weighted by molar-refractivity contribution is -0.153. The van der Waals surface area contributed by atoms with Gasteiger partial charge >= 0.3 is 5.97 Å². The molecule has 0 bridgehead atoms. The van der Waals surface area contributed by atoms with Gasteiger partial charge < -0.3 is 4.74 Å². The van der Waals surface area contributed by atoms with Crippen LogP contribution in [0, 0.1) is 11.6 Å². The number of hydrogen-bond acceptors (Lipinski definition) is 4. The third kappa shape index (κ3) is 4.19. The zero-order valence-corrected chi connectivity index (χ0v) is 14.2. The standard InChI is InChI=1S/C18H24F2N2O2/c1-4-7-22-16(13-8-14(19)10-15(20)9-13)11-21(5-2)12-17(22)18(23)24-6-3/h4,8-10,16-17H,1,5-7,11-12H2,2-3H3/t16-,17+/m0/s1. The van der Waals surface area contributed by atoms with Gasteiger partial charge in [0.2, 0.25) is 0 Å². The number of hydrogen-bond donors (Lipinski definition) is 0. The van der Waals surface area contributed by atoms with Crippen LogP contribution in [0.25, 0.3) is 0 Å². The summed E-state index contributed by atoms with van der Waals surface area (Å²) in [5.74, 6) is -1.56. The van der Waals surface area contributed by atoms with Gasteiger partial charge in [0.1, 0.15) is 17.7 Å². The maximum atomic E-state index is 13.7. The normalized spacial score (nSPS) is 22.3. The molecule has 4 nitrogen and oxygen atoms in total. The number of benzene rings is 1. The molecule has 0 amide bonds. The van der Waals surface area contributed by atoms with Crippen LogP contribution in [0.4, 0.5) is 8.78 Å². The van der Waals surface area contributed by atoms with Crippen LogP contribution in [0.2, 0.25) is 0 Å². The molecule has 1 aromatic carbocycles. The van der Waals surface area contributed by atoms with Crippen molar-refractivity contribution in [2.45, 2.75) is 25.9 Å². The Morgan fingerprint density at radius 2 is 1.96 bits per heavy atom. The lowest BCUT2D eigenvalue weighted by Crippen LogP contribution is -2.58. The van der Waals surface area contributed by atoms with E-state index in [0.717, 1.165) is 12.6 Å². The van der Waals surface area contributed by atoms with E-state index in [4.69, 9.17) is 4.74 Å². The van der Waals surface area contributed by atoms with Crippen LogP contribution in [-0.4, -0.2) is 54.6 Å². The van der Waals surface area contributed by atoms with E-state index in [-0.39, 0.29) is 12.0 Å². The van der Waals surface area contributed by atoms with E-state index >= 15 is 0 Å². The largest absolute Gasteiger partial charge is 0.465 e. The highest BCUT2D eigenvalue weighted by Gasteiger charge is 2.39. The first kappa shape index (κ1) is 18.5. The molecule has 24 heavy (non-hydrogen) atoms. The van der Waals surface area contributed by atoms with Gasteiger partial charge in [0.25, 0.3) is 0 Å². The number of carbonyl (C=O) groups is 1. The summed E-state index contributed by atoms with van der Waals surface area (Å²) in [4.78, 5) is 16.4. The Kier molecular flexibility index (Phi) is 6.45. The number of rotatable bonds is 6. The maximum Gasteiger partial charge on any atom is 0.324 e. The first-order valence-electron chi connectivity index (χ1n) is 8.21. The first-order valence-corrected chi connectivity index (χ1v) is 8.21. The zero-order valence-electron chi connectivity index (χ0n) is 14.2. The molecule has 0 spiro atoms. The molecule has 0 aromatic heterocycles. The van der Waals surface area contributed by atoms with Crippen molar-refractivity contribution in [2.24, 2.45) is 0 Å². The lowest BCUT2D eigenvalue weighted by Gasteiger charge is -2.45. The van der Waals surface area contributed by atoms with Gasteiger partial charge in [-0.3, -0.25) is 14.6 Å². The van der Waals surface area contributed by atoms with Gasteiger partial charge in [-0.15, -0.1) is 6.58 Å². The van der Waals surface area contributed by atoms with Crippen molar-refractivity contribution in [2.75, 3.05) is 32.8 Å². The number of nitrogens with zero attached hydrogens (tertiary/aromatic N) is 2. The van der Waals surface area contributed by atoms with Gasteiger partial charge in [0.15, 0.2) is 0 Å². The van der Waals surface area contributed by atoms with Crippen molar-refractivity contribution in [3.63, 3.8) is 0 Å². The van der Waals surface area contributed by atoms with E-state index in [1.165, 1.54) is 12.1 Å². The predicted molar refractivity (Wildman–Crippen MR) is 88.5 cm³/mol. The second-order valence-corrected chi connectivity index (χ2v) is 5.82. The molecule has 132 valence electrons. The Balaban J connectivity index is 2.40. The maximum absolute atomic E-state index is 13.7. The van der Waals surface area contributed by atoms with Crippen LogP contribution in [0.3, 0.4) is 0 Å². The summed E-state index contributed by atoms with van der Waals surface area (Å²) >= 11 is 0. The summed E-state index contributed by atoms with van der Waals surface area (Å²) in [5, 5.41) is 0. The number of halogens is 2. The molecular weight excluding hydrogens is 314 g/mol. The molecule has 2 atom stereocenters. The van der Waals surface area contributed by atoms with Crippen molar-refractivity contribution in [3.8, 4) is 0 Å². The van der Waals surface area contributed by atoms with E-state index in [1.54, 1.807) is 13.0 Å². The van der Waals surface area contributed by atoms with Crippen LogP contribution in [0.1, 0.15) is 25.5 Å². The van der Waals surface area contributed by atoms with Gasteiger partial charge in [-0.05, 0) is 31.2 Å². The second kappa shape index (κ2) is 8.35. The van der Waals surface area contributed by atoms with Crippen LogP contribution in [0.15, 0.2) is 30.9 Å². The average Bonchev–Trinajstić information content (AvgIpc) is 2.54. The van der Waals surface area contributed by atoms with Crippen molar-refractivity contribution in [1.82, 2.24) is 9.80 Å². The summed E-state index contributed by atoms with van der Waals surface area (Å²) in [5.41, 5.74) is 0.516. The van der Waals surface area contributed by atoms with E-state index in [1.807, 2.05) is 11.8 Å². The Hall–Kier alpha value is -1.79. The Labute approximate surface area is 141 Å². The lowest BCUT2D eigenvalue weighted by atomic mass is 9.98. The summed E-state index contributed by atoms with van der Waals surface area (Å²) < 4.78 is 32.5. The van der Waals surface area contributed by atoms with E-state index < -0.39 is 17.7 Å². The fourth-order valence-corrected chi connectivity index (χ4v) is 3.17. The molecule has 0 aliphatic carbocycles. The van der Waals surface area contributed by atoms with Crippen molar-refractivity contribution >= 4 is 5.97 Å². The van der Waals surface area contributed by atoms with Gasteiger partial charge in [-0.25, -0.2) is 8.78 Å². The fraction of sp³-hybridized carbons (Fsp3) is 0.500. The number of ether oxygens (including phenoxy) is 1. The van der Waals surface area contributed by atoms with E-state index in [0.29, 0.717) is 31.8 Å². The molecule has 1 saturated heterocycles. The molecule has 1 aliphatic rings. The summed E-state index contributed by atoms with van der Waals surface area (Å²) in [6, 6.07) is 2.70. The fourth-order valence-electron chi connectivity index (χ4n) is 3.17. The van der Waals surface area contributed by atoms with Gasteiger partial charge in [-0.2, -0.15) is 0 Å². The molecule has 1 heterocycles. The average molecular weight is 338 g/mol. The monoisotopic (exact) mass is 338 g/mol. The minimum Gasteiger partial charge on any atom is -0.465 e. The Morgan fingerprint density at radius 1 is 1.29 bits per heavy atom. The highest BCUT2D eigenvalue weighted by Crippen LogP contribution is 2.30. The molecule has 1 aliphatic heterocycles. The zero-order chi connectivity index (χ0) is 17.7. The highest BCUT2D eigenvalue weighted by molar-refractivity contribution is 5.76. The third-order valence-corrected chi connectivity index (χ3v) is 4.28. The van der Waals surface area contributed by atoms with Crippen molar-refractivity contribution in [1.29, 1.82) is 0 Å². The molecule has 0 saturated carbocycles. The van der Waals surface area contributed by atoms with E-state index in [2.05, 4.69) is 11.5 Å². The first-order chi connectivity index (χ1) is 11.5. The molecule has 1 fully saturated rings. The second-order valence-electron chi connectivity index (χ2n) is 5.82. The van der Waals surface area contributed by atoms with Crippen molar-refractivity contribution in [3.05, 3.63) is 48.1 Å². The Morgan fingerprint density at radius 3 is 2.50 bits per heavy atom. The van der Waals surface area contributed by atoms with Crippen molar-refractivity contribution < 1.29 is 18.3 Å². The number of piperazine rings is 1. The molecule has 0 radical (unpaired) electrons. The van der Waals surface area contributed by atoms with Gasteiger partial charge in [0, 0.05) is 31.7 Å². The third-order valence-electron chi connectivity index (χ3n) is 4.28. The van der Waals surface area contributed by atoms with Crippen LogP contribution < -0.4 is 0 Å². The summed E-state index contributed by atoms with van der Waals surface area (Å²) in [7, 11) is 0. The molecule has 2 rings (SSSR count). The number of esters is 1. The molecular formula is C18H24F2N2O2. The predicted octanol–water partition coefficient (Wildman–Crippen LogP) is 2.76. The van der Waals surface area contributed by atoms with Crippen LogP contribution in [-0.2, 0) is 9.53 Å². The SMILES string of the molecule is C=CCN1[C@@H](C(=O)OCC)CN(CC)C[C@H]1c1cc(F)cc(F)c1. The van der Waals surface area contributed by atoms with Gasteiger partial charge in [0.05, 0.1) is 6.61 Å². The minimum atomic E-state index is -0.621. The number of carbonyl (C=O) groups excluding carboxylic acids is 1. The molecule has 1 aromatic rings. The van der Waals surface area contributed by atoms with E-state index in [9.17, 15) is 13.6 Å². The number of likely N-dealkylation sites (N-methyl/N-ethyl adjacent to an activating group) is 1. The molecule has 0 N–H and O–H groups in total. The topological polar surface area (TPSA) is 32.8 Å². The molecule has 6 heteroatoms. The summed E-state index contributed by atoms with van der Waals surface area (Å²) in [6.07, 6.45) is 1.69.